The number of benzene rings is 1. The third-order valence-corrected chi connectivity index (χ3v) is 3.14. The Balaban J connectivity index is 3.58. The van der Waals surface area contributed by atoms with Gasteiger partial charge in [0.1, 0.15) is 15.7 Å². The molecule has 6 nitrogen and oxygen atoms in total. The van der Waals surface area contributed by atoms with Crippen molar-refractivity contribution in [3.05, 3.63) is 27.3 Å². The van der Waals surface area contributed by atoms with E-state index in [0.29, 0.717) is 6.07 Å². The van der Waals surface area contributed by atoms with Crippen molar-refractivity contribution in [2.75, 3.05) is 0 Å². The topological polar surface area (TPSA) is 97.5 Å². The van der Waals surface area contributed by atoms with Gasteiger partial charge >= 0.3 is 0 Å². The number of rotatable bonds is 2. The van der Waals surface area contributed by atoms with Crippen LogP contribution in [0.4, 0.5) is 5.69 Å². The Kier molecular flexibility index (Phi) is 3.08. The molecule has 0 aliphatic carbocycles. The number of hydrogen-bond donors (Lipinski definition) is 1. The normalized spacial score (nSPS) is 11.3. The van der Waals surface area contributed by atoms with Crippen LogP contribution < -0.4 is 0 Å². The number of aromatic hydroxyl groups is 1. The van der Waals surface area contributed by atoms with Crippen LogP contribution in [-0.4, -0.2) is 18.4 Å². The van der Waals surface area contributed by atoms with Crippen molar-refractivity contribution < 1.29 is 18.4 Å². The lowest BCUT2D eigenvalue weighted by Gasteiger charge is -2.01. The van der Waals surface area contributed by atoms with Crippen LogP contribution in [0.2, 0.25) is 5.02 Å². The lowest BCUT2D eigenvalue weighted by molar-refractivity contribution is -0.384. The molecule has 0 spiro atoms. The molecule has 0 aliphatic heterocycles. The number of halogens is 2. The Hall–Kier alpha value is -1.05. The van der Waals surface area contributed by atoms with Gasteiger partial charge in [0.25, 0.3) is 14.7 Å². The first-order chi connectivity index (χ1) is 6.73. The summed E-state index contributed by atoms with van der Waals surface area (Å²) >= 11 is 5.41. The minimum atomic E-state index is -4.25. The van der Waals surface area contributed by atoms with Crippen LogP contribution in [0.1, 0.15) is 0 Å². The number of nitro benzene ring substituents is 1. The number of hydrogen-bond acceptors (Lipinski definition) is 5. The zero-order chi connectivity index (χ0) is 11.8. The minimum Gasteiger partial charge on any atom is -0.506 e. The molecule has 0 atom stereocenters. The molecule has 0 bridgehead atoms. The molecular weight excluding hydrogens is 269 g/mol. The quantitative estimate of drug-likeness (QED) is 0.503. The van der Waals surface area contributed by atoms with E-state index in [0.717, 1.165) is 6.07 Å². The fraction of sp³-hybridized carbons (Fsp3) is 0. The summed E-state index contributed by atoms with van der Waals surface area (Å²) in [6, 6.07) is 1.34. The summed E-state index contributed by atoms with van der Waals surface area (Å²) in [5.74, 6) is -0.736. The summed E-state index contributed by atoms with van der Waals surface area (Å²) in [7, 11) is 0.692. The number of phenolic OH excluding ortho intramolecular Hbond substituents is 1. The zero-order valence-electron chi connectivity index (χ0n) is 6.85. The Morgan fingerprint density at radius 3 is 2.33 bits per heavy atom. The fourth-order valence-corrected chi connectivity index (χ4v) is 2.03. The van der Waals surface area contributed by atoms with E-state index in [1.807, 2.05) is 0 Å². The fourth-order valence-electron chi connectivity index (χ4n) is 0.867. The maximum absolute atomic E-state index is 10.9. The number of phenols is 1. The molecule has 0 radical (unpaired) electrons. The first-order valence-electron chi connectivity index (χ1n) is 3.35. The summed E-state index contributed by atoms with van der Waals surface area (Å²) in [5.41, 5.74) is -0.645. The van der Waals surface area contributed by atoms with Gasteiger partial charge in [-0.1, -0.05) is 11.6 Å². The first kappa shape index (κ1) is 12.0. The van der Waals surface area contributed by atoms with Gasteiger partial charge in [-0.25, -0.2) is 8.42 Å². The summed E-state index contributed by atoms with van der Waals surface area (Å²) in [6.07, 6.45) is 0. The monoisotopic (exact) mass is 271 g/mol. The SMILES string of the molecule is O=[N+]([O-])c1cc(S(=O)(=O)Cl)c(O)cc1Cl. The van der Waals surface area contributed by atoms with E-state index in [2.05, 4.69) is 0 Å². The Morgan fingerprint density at radius 1 is 1.40 bits per heavy atom. The van der Waals surface area contributed by atoms with Gasteiger partial charge in [-0.2, -0.15) is 0 Å². The van der Waals surface area contributed by atoms with Crippen molar-refractivity contribution in [1.29, 1.82) is 0 Å². The average Bonchev–Trinajstić information content (AvgIpc) is 2.00. The van der Waals surface area contributed by atoms with Crippen LogP contribution in [0.25, 0.3) is 0 Å². The molecule has 0 fully saturated rings. The van der Waals surface area contributed by atoms with Crippen LogP contribution in [0.5, 0.6) is 5.75 Å². The lowest BCUT2D eigenvalue weighted by Crippen LogP contribution is -1.95. The second-order valence-corrected chi connectivity index (χ2v) is 5.41. The molecule has 9 heteroatoms. The highest BCUT2D eigenvalue weighted by Crippen LogP contribution is 2.35. The first-order valence-corrected chi connectivity index (χ1v) is 6.04. The van der Waals surface area contributed by atoms with Crippen LogP contribution in [-0.2, 0) is 9.05 Å². The second-order valence-electron chi connectivity index (χ2n) is 2.47. The van der Waals surface area contributed by atoms with Crippen molar-refractivity contribution in [1.82, 2.24) is 0 Å². The van der Waals surface area contributed by atoms with E-state index in [1.54, 1.807) is 0 Å². The standard InChI is InChI=1S/C6H3Cl2NO5S/c7-3-1-5(10)6(15(8,13)14)2-4(3)9(11)12/h1-2,10H. The van der Waals surface area contributed by atoms with E-state index >= 15 is 0 Å². The summed E-state index contributed by atoms with van der Waals surface area (Å²) < 4.78 is 21.8. The van der Waals surface area contributed by atoms with Gasteiger partial charge in [0.05, 0.1) is 4.92 Å². The van der Waals surface area contributed by atoms with Gasteiger partial charge < -0.3 is 5.11 Å². The van der Waals surface area contributed by atoms with Gasteiger partial charge in [-0.15, -0.1) is 0 Å². The second kappa shape index (κ2) is 3.84. The van der Waals surface area contributed by atoms with E-state index in [1.165, 1.54) is 0 Å². The van der Waals surface area contributed by atoms with Crippen molar-refractivity contribution >= 4 is 37.0 Å². The van der Waals surface area contributed by atoms with E-state index < -0.39 is 30.3 Å². The summed E-state index contributed by atoms with van der Waals surface area (Å²) in [4.78, 5) is 8.78. The van der Waals surface area contributed by atoms with E-state index in [-0.39, 0.29) is 5.02 Å². The largest absolute Gasteiger partial charge is 0.506 e. The molecule has 0 aliphatic rings. The highest BCUT2D eigenvalue weighted by Gasteiger charge is 2.23. The highest BCUT2D eigenvalue weighted by atomic mass is 35.7. The number of nitrogens with zero attached hydrogens (tertiary/aromatic N) is 1. The van der Waals surface area contributed by atoms with E-state index in [9.17, 15) is 18.5 Å². The van der Waals surface area contributed by atoms with Gasteiger partial charge in [-0.3, -0.25) is 10.1 Å². The van der Waals surface area contributed by atoms with Crippen molar-refractivity contribution in [2.45, 2.75) is 4.90 Å². The van der Waals surface area contributed by atoms with Crippen LogP contribution in [0.15, 0.2) is 17.0 Å². The molecule has 0 saturated carbocycles. The molecule has 1 rings (SSSR count). The van der Waals surface area contributed by atoms with Gasteiger partial charge in [0.2, 0.25) is 0 Å². The Labute approximate surface area is 93.6 Å². The molecule has 82 valence electrons. The smallest absolute Gasteiger partial charge is 0.289 e. The summed E-state index contributed by atoms with van der Waals surface area (Å²) in [5, 5.41) is 19.2. The minimum absolute atomic E-state index is 0.374. The van der Waals surface area contributed by atoms with Crippen molar-refractivity contribution in [3.8, 4) is 5.75 Å². The third-order valence-electron chi connectivity index (χ3n) is 1.49. The lowest BCUT2D eigenvalue weighted by atomic mass is 10.3. The van der Waals surface area contributed by atoms with Gasteiger partial charge in [-0.05, 0) is 0 Å². The zero-order valence-corrected chi connectivity index (χ0v) is 9.17. The third kappa shape index (κ3) is 2.49. The Morgan fingerprint density at radius 2 is 1.93 bits per heavy atom. The predicted molar refractivity (Wildman–Crippen MR) is 52.8 cm³/mol. The van der Waals surface area contributed by atoms with Crippen LogP contribution in [0, 0.1) is 10.1 Å². The van der Waals surface area contributed by atoms with Crippen molar-refractivity contribution in [3.63, 3.8) is 0 Å². The van der Waals surface area contributed by atoms with E-state index in [4.69, 9.17) is 27.4 Å². The van der Waals surface area contributed by atoms with Crippen LogP contribution >= 0.6 is 22.3 Å². The highest BCUT2D eigenvalue weighted by molar-refractivity contribution is 8.13. The average molecular weight is 272 g/mol. The van der Waals surface area contributed by atoms with Crippen molar-refractivity contribution in [2.24, 2.45) is 0 Å². The maximum atomic E-state index is 10.9. The molecular formula is C6H3Cl2NO5S. The molecule has 1 aromatic rings. The molecule has 0 heterocycles. The van der Waals surface area contributed by atoms with Crippen LogP contribution in [0.3, 0.4) is 0 Å². The molecule has 1 N–H and O–H groups in total. The van der Waals surface area contributed by atoms with Gasteiger partial charge in [0, 0.05) is 22.8 Å². The molecule has 0 unspecified atom stereocenters. The van der Waals surface area contributed by atoms with Gasteiger partial charge in [0.15, 0.2) is 0 Å². The molecule has 15 heavy (non-hydrogen) atoms. The maximum Gasteiger partial charge on any atom is 0.289 e. The molecule has 0 amide bonds. The number of nitro groups is 1. The molecule has 1 aromatic carbocycles. The molecule has 0 aromatic heterocycles. The summed E-state index contributed by atoms with van der Waals surface area (Å²) in [6.45, 7) is 0. The molecule has 0 saturated heterocycles. The Bertz CT molecular complexity index is 527. The predicted octanol–water partition coefficient (Wildman–Crippen LogP) is 1.88.